The average Bonchev–Trinajstić information content (AvgIpc) is 3.40. The van der Waals surface area contributed by atoms with Crippen molar-refractivity contribution in [2.75, 3.05) is 19.7 Å². The molecule has 3 heterocycles. The molecule has 1 saturated carbocycles. The van der Waals surface area contributed by atoms with E-state index in [2.05, 4.69) is 29.5 Å². The summed E-state index contributed by atoms with van der Waals surface area (Å²) in [5, 5.41) is 9.27. The van der Waals surface area contributed by atoms with E-state index in [0.29, 0.717) is 18.7 Å². The van der Waals surface area contributed by atoms with Crippen LogP contribution in [0.1, 0.15) is 57.9 Å². The molecule has 3 atom stereocenters. The summed E-state index contributed by atoms with van der Waals surface area (Å²) in [6, 6.07) is 7.83. The van der Waals surface area contributed by atoms with Crippen molar-refractivity contribution in [1.82, 2.24) is 14.5 Å². The van der Waals surface area contributed by atoms with E-state index in [1.54, 1.807) is 6.07 Å². The fraction of sp³-hybridized carbons (Fsp3) is 0.625. The van der Waals surface area contributed by atoms with Gasteiger partial charge in [0.05, 0.1) is 47.7 Å². The minimum atomic E-state index is -0.423. The van der Waals surface area contributed by atoms with Crippen molar-refractivity contribution in [2.45, 2.75) is 70.1 Å². The van der Waals surface area contributed by atoms with Gasteiger partial charge in [-0.25, -0.2) is 9.78 Å². The molecule has 5 rings (SSSR count). The topological polar surface area (TPSA) is 80.4 Å². The highest BCUT2D eigenvalue weighted by molar-refractivity contribution is 5.77. The van der Waals surface area contributed by atoms with Crippen LogP contribution >= 0.6 is 0 Å². The maximum atomic E-state index is 12.8. The third kappa shape index (κ3) is 3.78. The molecule has 0 radical (unpaired) electrons. The molecule has 1 aromatic carbocycles. The molecule has 2 saturated heterocycles. The number of nitriles is 1. The van der Waals surface area contributed by atoms with Crippen molar-refractivity contribution >= 4 is 17.1 Å². The van der Waals surface area contributed by atoms with Gasteiger partial charge in [-0.3, -0.25) is 0 Å². The van der Waals surface area contributed by atoms with Gasteiger partial charge in [-0.1, -0.05) is 6.92 Å². The molecule has 2 aromatic rings. The van der Waals surface area contributed by atoms with Gasteiger partial charge in [0, 0.05) is 13.2 Å². The van der Waals surface area contributed by atoms with Crippen molar-refractivity contribution < 1.29 is 14.3 Å². The maximum absolute atomic E-state index is 12.8. The lowest BCUT2D eigenvalue weighted by Gasteiger charge is -2.43. The molecule has 0 N–H and O–H groups in total. The highest BCUT2D eigenvalue weighted by atomic mass is 16.6. The zero-order valence-corrected chi connectivity index (χ0v) is 18.4. The van der Waals surface area contributed by atoms with E-state index in [0.717, 1.165) is 62.7 Å². The summed E-state index contributed by atoms with van der Waals surface area (Å²) < 4.78 is 14.1. The van der Waals surface area contributed by atoms with Crippen LogP contribution in [0.25, 0.3) is 11.0 Å². The number of aromatic nitrogens is 2. The number of carbonyl (C=O) groups is 1. The number of benzene rings is 1. The van der Waals surface area contributed by atoms with Crippen LogP contribution in [0.15, 0.2) is 24.5 Å². The molecule has 31 heavy (non-hydrogen) atoms. The zero-order chi connectivity index (χ0) is 21.7. The lowest BCUT2D eigenvalue weighted by Crippen LogP contribution is -2.46. The molecule has 164 valence electrons. The summed E-state index contributed by atoms with van der Waals surface area (Å²) in [4.78, 5) is 19.1. The standard InChI is InChI=1S/C24H30N4O3/c1-22(14-28-17-26-19-6-5-18(12-25)11-20(19)28)7-3-9-24(13-22)16-27(21(29)31-24)15-23(2)8-4-10-30-23/h5-6,11,17H,3-4,7-10,13-16H2,1-2H3. The van der Waals surface area contributed by atoms with E-state index in [1.807, 2.05) is 23.4 Å². The minimum Gasteiger partial charge on any atom is -0.441 e. The first-order valence-corrected chi connectivity index (χ1v) is 11.3. The Morgan fingerprint density at radius 3 is 2.84 bits per heavy atom. The molecule has 1 aromatic heterocycles. The Morgan fingerprint density at radius 2 is 2.06 bits per heavy atom. The molecular formula is C24H30N4O3. The molecule has 1 aliphatic carbocycles. The largest absolute Gasteiger partial charge is 0.441 e. The second-order valence-electron chi connectivity index (χ2n) is 10.3. The number of hydrogen-bond donors (Lipinski definition) is 0. The van der Waals surface area contributed by atoms with Crippen LogP contribution in [-0.2, 0) is 16.0 Å². The van der Waals surface area contributed by atoms with Crippen LogP contribution < -0.4 is 0 Å². The quantitative estimate of drug-likeness (QED) is 0.736. The number of ether oxygens (including phenoxy) is 2. The summed E-state index contributed by atoms with van der Waals surface area (Å²) >= 11 is 0. The van der Waals surface area contributed by atoms with E-state index in [-0.39, 0.29) is 17.1 Å². The van der Waals surface area contributed by atoms with Gasteiger partial charge < -0.3 is 18.9 Å². The molecule has 1 amide bonds. The molecule has 7 nitrogen and oxygen atoms in total. The number of hydrogen-bond acceptors (Lipinski definition) is 5. The maximum Gasteiger partial charge on any atom is 0.410 e. The van der Waals surface area contributed by atoms with Crippen molar-refractivity contribution in [3.05, 3.63) is 30.1 Å². The summed E-state index contributed by atoms with van der Waals surface area (Å²) in [6.45, 7) is 7.19. The molecule has 3 aliphatic rings. The van der Waals surface area contributed by atoms with E-state index >= 15 is 0 Å². The van der Waals surface area contributed by atoms with E-state index < -0.39 is 5.60 Å². The molecule has 3 unspecified atom stereocenters. The van der Waals surface area contributed by atoms with Gasteiger partial charge in [0.2, 0.25) is 0 Å². The molecule has 2 aliphatic heterocycles. The summed E-state index contributed by atoms with van der Waals surface area (Å²) in [5.74, 6) is 0. The lowest BCUT2D eigenvalue weighted by molar-refractivity contribution is -0.0278. The first-order chi connectivity index (χ1) is 14.8. The average molecular weight is 423 g/mol. The van der Waals surface area contributed by atoms with Crippen LogP contribution in [-0.4, -0.2) is 51.4 Å². The minimum absolute atomic E-state index is 0.0153. The van der Waals surface area contributed by atoms with Crippen LogP contribution in [0, 0.1) is 16.7 Å². The number of nitrogens with zero attached hydrogens (tertiary/aromatic N) is 4. The summed E-state index contributed by atoms with van der Waals surface area (Å²) in [5.41, 5.74) is 1.83. The van der Waals surface area contributed by atoms with Gasteiger partial charge in [0.1, 0.15) is 5.60 Å². The third-order valence-electron chi connectivity index (χ3n) is 7.33. The lowest BCUT2D eigenvalue weighted by atomic mass is 9.68. The van der Waals surface area contributed by atoms with Crippen LogP contribution in [0.2, 0.25) is 0 Å². The number of fused-ring (bicyclic) bond motifs is 1. The van der Waals surface area contributed by atoms with Crippen LogP contribution in [0.5, 0.6) is 0 Å². The molecule has 0 bridgehead atoms. The predicted molar refractivity (Wildman–Crippen MR) is 115 cm³/mol. The van der Waals surface area contributed by atoms with E-state index in [1.165, 1.54) is 0 Å². The highest BCUT2D eigenvalue weighted by Crippen LogP contribution is 2.47. The number of imidazole rings is 1. The fourth-order valence-corrected chi connectivity index (χ4v) is 5.99. The van der Waals surface area contributed by atoms with Crippen LogP contribution in [0.4, 0.5) is 4.79 Å². The molecule has 1 spiro atoms. The SMILES string of the molecule is CC1(Cn2cnc3ccc(C#N)cc32)CCCC2(CN(CC3(C)CCCO3)C(=O)O2)C1. The Morgan fingerprint density at radius 1 is 1.19 bits per heavy atom. The highest BCUT2D eigenvalue weighted by Gasteiger charge is 2.52. The van der Waals surface area contributed by atoms with Gasteiger partial charge >= 0.3 is 6.09 Å². The van der Waals surface area contributed by atoms with Crippen LogP contribution in [0.3, 0.4) is 0 Å². The first kappa shape index (κ1) is 20.3. The molecule has 3 fully saturated rings. The normalized spacial score (nSPS) is 33.2. The van der Waals surface area contributed by atoms with Crippen molar-refractivity contribution in [3.63, 3.8) is 0 Å². The van der Waals surface area contributed by atoms with Gasteiger partial charge in [0.25, 0.3) is 0 Å². The van der Waals surface area contributed by atoms with Crippen molar-refractivity contribution in [1.29, 1.82) is 5.26 Å². The van der Waals surface area contributed by atoms with Gasteiger partial charge in [-0.2, -0.15) is 5.26 Å². The Hall–Kier alpha value is -2.59. The summed E-state index contributed by atoms with van der Waals surface area (Å²) in [6.07, 6.45) is 7.54. The summed E-state index contributed by atoms with van der Waals surface area (Å²) in [7, 11) is 0. The van der Waals surface area contributed by atoms with Crippen molar-refractivity contribution in [3.8, 4) is 6.07 Å². The Balaban J connectivity index is 1.34. The molecular weight excluding hydrogens is 392 g/mol. The fourth-order valence-electron chi connectivity index (χ4n) is 5.99. The van der Waals surface area contributed by atoms with E-state index in [4.69, 9.17) is 9.47 Å². The molecule has 7 heteroatoms. The zero-order valence-electron chi connectivity index (χ0n) is 18.4. The van der Waals surface area contributed by atoms with Crippen molar-refractivity contribution in [2.24, 2.45) is 5.41 Å². The smallest absolute Gasteiger partial charge is 0.410 e. The number of rotatable bonds is 4. The van der Waals surface area contributed by atoms with Gasteiger partial charge in [0.15, 0.2) is 0 Å². The second-order valence-corrected chi connectivity index (χ2v) is 10.3. The number of amides is 1. The van der Waals surface area contributed by atoms with Gasteiger partial charge in [-0.05, 0) is 69.1 Å². The Labute approximate surface area is 182 Å². The monoisotopic (exact) mass is 422 g/mol. The van der Waals surface area contributed by atoms with Gasteiger partial charge in [-0.15, -0.1) is 0 Å². The van der Waals surface area contributed by atoms with E-state index in [9.17, 15) is 10.1 Å². The number of carbonyl (C=O) groups excluding carboxylic acids is 1. The first-order valence-electron chi connectivity index (χ1n) is 11.3. The second kappa shape index (κ2) is 7.23. The predicted octanol–water partition coefficient (Wildman–Crippen LogP) is 4.25. The Bertz CT molecular complexity index is 1050. The third-order valence-corrected chi connectivity index (χ3v) is 7.33. The Kier molecular flexibility index (Phi) is 4.74.